The lowest BCUT2D eigenvalue weighted by molar-refractivity contribution is 0.469. The van der Waals surface area contributed by atoms with Crippen LogP contribution in [0.3, 0.4) is 0 Å². The van der Waals surface area contributed by atoms with Crippen LogP contribution in [-0.4, -0.2) is 12.6 Å². The molecule has 1 aromatic heterocycles. The summed E-state index contributed by atoms with van der Waals surface area (Å²) < 4.78 is 6.24. The Morgan fingerprint density at radius 1 is 1.71 bits per heavy atom. The van der Waals surface area contributed by atoms with Crippen molar-refractivity contribution in [1.29, 1.82) is 0 Å². The van der Waals surface area contributed by atoms with Crippen LogP contribution in [0.1, 0.15) is 19.1 Å². The van der Waals surface area contributed by atoms with Crippen LogP contribution in [0.25, 0.3) is 0 Å². The molecule has 0 aliphatic rings. The highest BCUT2D eigenvalue weighted by molar-refractivity contribution is 9.11. The minimum Gasteiger partial charge on any atom is -0.469 e. The molecule has 3 heteroatoms. The fourth-order valence-electron chi connectivity index (χ4n) is 1.20. The van der Waals surface area contributed by atoms with Gasteiger partial charge >= 0.3 is 0 Å². The second-order valence-corrected chi connectivity index (χ2v) is 4.54. The molecule has 0 saturated heterocycles. The lowest BCUT2D eigenvalue weighted by Crippen LogP contribution is -2.27. The molecule has 0 saturated carbocycles. The van der Waals surface area contributed by atoms with Gasteiger partial charge in [0.25, 0.3) is 0 Å². The molecule has 1 heterocycles. The molecule has 0 aliphatic carbocycles. The van der Waals surface area contributed by atoms with Crippen LogP contribution < -0.4 is 5.32 Å². The van der Waals surface area contributed by atoms with E-state index < -0.39 is 0 Å². The predicted octanol–water partition coefficient (Wildman–Crippen LogP) is 3.10. The average molecular weight is 258 g/mol. The molecule has 78 valence electrons. The van der Waals surface area contributed by atoms with Gasteiger partial charge in [0.1, 0.15) is 5.76 Å². The summed E-state index contributed by atoms with van der Waals surface area (Å²) in [4.78, 5) is 0. The SMILES string of the molecule is C=C(Br)CNC(C)CCc1ccco1. The van der Waals surface area contributed by atoms with Crippen LogP contribution in [0.15, 0.2) is 33.9 Å². The monoisotopic (exact) mass is 257 g/mol. The van der Waals surface area contributed by atoms with E-state index in [0.29, 0.717) is 6.04 Å². The first-order valence-corrected chi connectivity index (χ1v) is 5.57. The first kappa shape index (κ1) is 11.5. The van der Waals surface area contributed by atoms with E-state index in [9.17, 15) is 0 Å². The number of aryl methyl sites for hydroxylation is 1. The van der Waals surface area contributed by atoms with Crippen molar-refractivity contribution in [2.45, 2.75) is 25.8 Å². The van der Waals surface area contributed by atoms with E-state index in [2.05, 4.69) is 34.7 Å². The first-order valence-electron chi connectivity index (χ1n) is 4.77. The quantitative estimate of drug-likeness (QED) is 0.848. The molecule has 14 heavy (non-hydrogen) atoms. The van der Waals surface area contributed by atoms with Crippen molar-refractivity contribution < 1.29 is 4.42 Å². The van der Waals surface area contributed by atoms with Gasteiger partial charge in [-0.1, -0.05) is 22.5 Å². The van der Waals surface area contributed by atoms with Gasteiger partial charge in [0.15, 0.2) is 0 Å². The van der Waals surface area contributed by atoms with Crippen molar-refractivity contribution in [1.82, 2.24) is 5.32 Å². The van der Waals surface area contributed by atoms with Crippen molar-refractivity contribution in [2.24, 2.45) is 0 Å². The highest BCUT2D eigenvalue weighted by Crippen LogP contribution is 2.06. The Bertz CT molecular complexity index is 269. The lowest BCUT2D eigenvalue weighted by Gasteiger charge is -2.11. The molecule has 1 unspecified atom stereocenters. The lowest BCUT2D eigenvalue weighted by atomic mass is 10.1. The van der Waals surface area contributed by atoms with Crippen molar-refractivity contribution in [2.75, 3.05) is 6.54 Å². The third-order valence-corrected chi connectivity index (χ3v) is 2.33. The Morgan fingerprint density at radius 2 is 2.50 bits per heavy atom. The second kappa shape index (κ2) is 6.04. The minimum atomic E-state index is 0.481. The summed E-state index contributed by atoms with van der Waals surface area (Å²) in [6.45, 7) is 6.76. The molecule has 0 bridgehead atoms. The summed E-state index contributed by atoms with van der Waals surface area (Å²) in [7, 11) is 0. The molecule has 0 amide bonds. The van der Waals surface area contributed by atoms with Gasteiger partial charge in [-0.25, -0.2) is 0 Å². The number of hydrogen-bond donors (Lipinski definition) is 1. The molecule has 0 spiro atoms. The zero-order valence-corrected chi connectivity index (χ0v) is 10.0. The maximum absolute atomic E-state index is 5.25. The minimum absolute atomic E-state index is 0.481. The maximum atomic E-state index is 5.25. The van der Waals surface area contributed by atoms with Gasteiger partial charge in [0.2, 0.25) is 0 Å². The molecule has 1 atom stereocenters. The summed E-state index contributed by atoms with van der Waals surface area (Å²) in [5.41, 5.74) is 0. The van der Waals surface area contributed by atoms with E-state index in [1.54, 1.807) is 6.26 Å². The van der Waals surface area contributed by atoms with Gasteiger partial charge in [0.05, 0.1) is 6.26 Å². The van der Waals surface area contributed by atoms with E-state index >= 15 is 0 Å². The Kier molecular flexibility index (Phi) is 4.98. The van der Waals surface area contributed by atoms with Crippen molar-refractivity contribution >= 4 is 15.9 Å². The van der Waals surface area contributed by atoms with E-state index in [-0.39, 0.29) is 0 Å². The van der Waals surface area contributed by atoms with Gasteiger partial charge in [-0.05, 0) is 25.5 Å². The molecular weight excluding hydrogens is 242 g/mol. The zero-order chi connectivity index (χ0) is 10.4. The molecule has 2 nitrogen and oxygen atoms in total. The molecule has 1 rings (SSSR count). The fraction of sp³-hybridized carbons (Fsp3) is 0.455. The highest BCUT2D eigenvalue weighted by Gasteiger charge is 2.03. The van der Waals surface area contributed by atoms with Crippen LogP contribution >= 0.6 is 15.9 Å². The number of furan rings is 1. The standard InChI is InChI=1S/C11H16BrNO/c1-9(12)8-13-10(2)5-6-11-4-3-7-14-11/h3-4,7,10,13H,1,5-6,8H2,2H3. The van der Waals surface area contributed by atoms with Crippen LogP contribution in [0.2, 0.25) is 0 Å². The van der Waals surface area contributed by atoms with Gasteiger partial charge in [-0.3, -0.25) is 0 Å². The van der Waals surface area contributed by atoms with Crippen LogP contribution in [0.5, 0.6) is 0 Å². The summed E-state index contributed by atoms with van der Waals surface area (Å²) in [6, 6.07) is 4.42. The average Bonchev–Trinajstić information content (AvgIpc) is 2.63. The predicted molar refractivity (Wildman–Crippen MR) is 62.6 cm³/mol. The normalized spacial score (nSPS) is 12.7. The highest BCUT2D eigenvalue weighted by atomic mass is 79.9. The van der Waals surface area contributed by atoms with Gasteiger partial charge in [0, 0.05) is 23.5 Å². The summed E-state index contributed by atoms with van der Waals surface area (Å²) in [5.74, 6) is 1.05. The fourth-order valence-corrected chi connectivity index (χ4v) is 1.36. The topological polar surface area (TPSA) is 25.2 Å². The van der Waals surface area contributed by atoms with E-state index in [1.807, 2.05) is 12.1 Å². The van der Waals surface area contributed by atoms with Gasteiger partial charge < -0.3 is 9.73 Å². The smallest absolute Gasteiger partial charge is 0.103 e. The van der Waals surface area contributed by atoms with Crippen molar-refractivity contribution in [3.8, 4) is 0 Å². The van der Waals surface area contributed by atoms with Crippen LogP contribution in [0, 0.1) is 0 Å². The van der Waals surface area contributed by atoms with Crippen molar-refractivity contribution in [3.05, 3.63) is 35.2 Å². The van der Waals surface area contributed by atoms with E-state index in [1.165, 1.54) is 0 Å². The Labute approximate surface area is 93.5 Å². The Hall–Kier alpha value is -0.540. The second-order valence-electron chi connectivity index (χ2n) is 3.42. The molecule has 1 N–H and O–H groups in total. The zero-order valence-electron chi connectivity index (χ0n) is 8.42. The number of rotatable bonds is 6. The molecule has 0 aromatic carbocycles. The van der Waals surface area contributed by atoms with Gasteiger partial charge in [-0.2, -0.15) is 0 Å². The van der Waals surface area contributed by atoms with Gasteiger partial charge in [-0.15, -0.1) is 0 Å². The van der Waals surface area contributed by atoms with E-state index in [4.69, 9.17) is 4.42 Å². The maximum Gasteiger partial charge on any atom is 0.103 e. The van der Waals surface area contributed by atoms with Crippen LogP contribution in [0.4, 0.5) is 0 Å². The van der Waals surface area contributed by atoms with Crippen LogP contribution in [-0.2, 0) is 6.42 Å². The summed E-state index contributed by atoms with van der Waals surface area (Å²) >= 11 is 3.32. The van der Waals surface area contributed by atoms with Crippen molar-refractivity contribution in [3.63, 3.8) is 0 Å². The molecular formula is C11H16BrNO. The van der Waals surface area contributed by atoms with E-state index in [0.717, 1.165) is 29.6 Å². The third kappa shape index (κ3) is 4.63. The molecule has 0 fully saturated rings. The Morgan fingerprint density at radius 3 is 3.07 bits per heavy atom. The number of hydrogen-bond acceptors (Lipinski definition) is 2. The largest absolute Gasteiger partial charge is 0.469 e. The number of nitrogens with one attached hydrogen (secondary N) is 1. The summed E-state index contributed by atoms with van der Waals surface area (Å²) in [6.07, 6.45) is 3.78. The third-order valence-electron chi connectivity index (χ3n) is 2.05. The summed E-state index contributed by atoms with van der Waals surface area (Å²) in [5, 5.41) is 3.36. The number of halogens is 1. The molecule has 0 radical (unpaired) electrons. The Balaban J connectivity index is 2.15. The molecule has 1 aromatic rings. The molecule has 0 aliphatic heterocycles. The first-order chi connectivity index (χ1) is 6.68.